The van der Waals surface area contributed by atoms with Crippen molar-refractivity contribution >= 4 is 51.9 Å². The Morgan fingerprint density at radius 1 is 1.26 bits per heavy atom. The average Bonchev–Trinajstić information content (AvgIpc) is 2.90. The quantitative estimate of drug-likeness (QED) is 0.601. The SMILES string of the molecule is Cc1cccc(N2C(=O)/C(=C\c3cccc(OCC(=O)O)c3)SC2=S)c1C. The number of rotatable bonds is 5. The zero-order valence-electron chi connectivity index (χ0n) is 14.8. The highest BCUT2D eigenvalue weighted by molar-refractivity contribution is 8.27. The van der Waals surface area contributed by atoms with E-state index in [9.17, 15) is 9.59 Å². The van der Waals surface area contributed by atoms with Gasteiger partial charge in [0.2, 0.25) is 0 Å². The van der Waals surface area contributed by atoms with Gasteiger partial charge >= 0.3 is 5.97 Å². The van der Waals surface area contributed by atoms with Crippen LogP contribution >= 0.6 is 24.0 Å². The number of carboxylic acid groups (broad SMARTS) is 1. The summed E-state index contributed by atoms with van der Waals surface area (Å²) in [7, 11) is 0. The molecule has 0 unspecified atom stereocenters. The Morgan fingerprint density at radius 2 is 2.00 bits per heavy atom. The molecule has 7 heteroatoms. The van der Waals surface area contributed by atoms with Gasteiger partial charge in [-0.3, -0.25) is 9.69 Å². The highest BCUT2D eigenvalue weighted by Gasteiger charge is 2.34. The van der Waals surface area contributed by atoms with Crippen molar-refractivity contribution in [3.63, 3.8) is 0 Å². The molecule has 27 heavy (non-hydrogen) atoms. The first-order valence-electron chi connectivity index (χ1n) is 8.15. The first-order valence-corrected chi connectivity index (χ1v) is 9.38. The van der Waals surface area contributed by atoms with E-state index in [1.807, 2.05) is 38.1 Å². The number of thioether (sulfide) groups is 1. The lowest BCUT2D eigenvalue weighted by Crippen LogP contribution is -2.28. The summed E-state index contributed by atoms with van der Waals surface area (Å²) in [5, 5.41) is 8.71. The van der Waals surface area contributed by atoms with Crippen molar-refractivity contribution in [3.8, 4) is 5.75 Å². The molecule has 1 N–H and O–H groups in total. The predicted octanol–water partition coefficient (Wildman–Crippen LogP) is 4.17. The van der Waals surface area contributed by atoms with Gasteiger partial charge in [0, 0.05) is 0 Å². The Bertz CT molecular complexity index is 968. The number of hydrogen-bond donors (Lipinski definition) is 1. The van der Waals surface area contributed by atoms with Gasteiger partial charge in [-0.15, -0.1) is 0 Å². The van der Waals surface area contributed by atoms with E-state index in [4.69, 9.17) is 22.1 Å². The molecule has 138 valence electrons. The molecular weight excluding hydrogens is 382 g/mol. The Morgan fingerprint density at radius 3 is 2.74 bits per heavy atom. The number of hydrogen-bond acceptors (Lipinski definition) is 5. The van der Waals surface area contributed by atoms with E-state index in [-0.39, 0.29) is 5.91 Å². The van der Waals surface area contributed by atoms with E-state index in [0.717, 1.165) is 22.4 Å². The second-order valence-corrected chi connectivity index (χ2v) is 7.67. The average molecular weight is 399 g/mol. The molecule has 0 saturated carbocycles. The fourth-order valence-electron chi connectivity index (χ4n) is 2.64. The van der Waals surface area contributed by atoms with E-state index < -0.39 is 12.6 Å². The van der Waals surface area contributed by atoms with Gasteiger partial charge in [-0.2, -0.15) is 0 Å². The van der Waals surface area contributed by atoms with Gasteiger partial charge in [0.15, 0.2) is 10.9 Å². The van der Waals surface area contributed by atoms with Crippen molar-refractivity contribution in [2.45, 2.75) is 13.8 Å². The van der Waals surface area contributed by atoms with Crippen molar-refractivity contribution in [1.82, 2.24) is 0 Å². The molecule has 1 amide bonds. The molecule has 1 saturated heterocycles. The van der Waals surface area contributed by atoms with E-state index >= 15 is 0 Å². The normalized spacial score (nSPS) is 15.5. The fourth-order valence-corrected chi connectivity index (χ4v) is 3.93. The molecule has 0 atom stereocenters. The van der Waals surface area contributed by atoms with Crippen LogP contribution in [0.4, 0.5) is 5.69 Å². The summed E-state index contributed by atoms with van der Waals surface area (Å²) in [6.45, 7) is 3.54. The lowest BCUT2D eigenvalue weighted by atomic mass is 10.1. The predicted molar refractivity (Wildman–Crippen MR) is 111 cm³/mol. The summed E-state index contributed by atoms with van der Waals surface area (Å²) in [5.41, 5.74) is 3.63. The minimum atomic E-state index is -1.05. The minimum absolute atomic E-state index is 0.171. The molecule has 5 nitrogen and oxygen atoms in total. The van der Waals surface area contributed by atoms with Crippen LogP contribution in [0.5, 0.6) is 5.75 Å². The van der Waals surface area contributed by atoms with Crippen LogP contribution in [0.2, 0.25) is 0 Å². The summed E-state index contributed by atoms with van der Waals surface area (Å²) < 4.78 is 5.67. The molecule has 2 aromatic rings. The summed E-state index contributed by atoms with van der Waals surface area (Å²) in [6, 6.07) is 12.7. The van der Waals surface area contributed by atoms with E-state index in [1.165, 1.54) is 11.8 Å². The van der Waals surface area contributed by atoms with E-state index in [1.54, 1.807) is 29.2 Å². The Labute approximate surface area is 166 Å². The standard InChI is InChI=1S/C20H17NO4S2/c1-12-5-3-8-16(13(12)2)21-19(24)17(27-20(21)26)10-14-6-4-7-15(9-14)25-11-18(22)23/h3-10H,11H2,1-2H3,(H,22,23)/b17-10+. The van der Waals surface area contributed by atoms with Crippen LogP contribution in [0, 0.1) is 13.8 Å². The van der Waals surface area contributed by atoms with Crippen LogP contribution in [0.3, 0.4) is 0 Å². The van der Waals surface area contributed by atoms with E-state index in [2.05, 4.69) is 0 Å². The number of aliphatic carboxylic acids is 1. The second kappa shape index (κ2) is 7.94. The second-order valence-electron chi connectivity index (χ2n) is 5.99. The van der Waals surface area contributed by atoms with Gasteiger partial charge in [0.25, 0.3) is 5.91 Å². The fraction of sp³-hybridized carbons (Fsp3) is 0.150. The molecule has 0 radical (unpaired) electrons. The number of nitrogens with zero attached hydrogens (tertiary/aromatic N) is 1. The van der Waals surface area contributed by atoms with Crippen molar-refractivity contribution in [2.24, 2.45) is 0 Å². The Kier molecular flexibility index (Phi) is 5.62. The summed E-state index contributed by atoms with van der Waals surface area (Å²) in [5.74, 6) is -0.790. The third-order valence-electron chi connectivity index (χ3n) is 4.13. The number of carbonyl (C=O) groups excluding carboxylic acids is 1. The molecule has 3 rings (SSSR count). The van der Waals surface area contributed by atoms with Crippen molar-refractivity contribution in [3.05, 3.63) is 64.1 Å². The maximum atomic E-state index is 12.9. The summed E-state index contributed by atoms with van der Waals surface area (Å²) >= 11 is 6.67. The topological polar surface area (TPSA) is 66.8 Å². The third kappa shape index (κ3) is 4.20. The monoisotopic (exact) mass is 399 g/mol. The maximum Gasteiger partial charge on any atom is 0.341 e. The van der Waals surface area contributed by atoms with Crippen LogP contribution in [0.1, 0.15) is 16.7 Å². The molecule has 0 aliphatic carbocycles. The van der Waals surface area contributed by atoms with Crippen molar-refractivity contribution in [2.75, 3.05) is 11.5 Å². The van der Waals surface area contributed by atoms with Gasteiger partial charge < -0.3 is 9.84 Å². The number of thiocarbonyl (C=S) groups is 1. The molecule has 1 aliphatic rings. The lowest BCUT2D eigenvalue weighted by molar-refractivity contribution is -0.139. The number of benzene rings is 2. The molecule has 1 fully saturated rings. The lowest BCUT2D eigenvalue weighted by Gasteiger charge is -2.18. The largest absolute Gasteiger partial charge is 0.482 e. The number of aryl methyl sites for hydroxylation is 1. The number of carbonyl (C=O) groups is 2. The molecule has 0 spiro atoms. The minimum Gasteiger partial charge on any atom is -0.482 e. The van der Waals surface area contributed by atoms with Crippen LogP contribution in [0.15, 0.2) is 47.4 Å². The number of carboxylic acids is 1. The van der Waals surface area contributed by atoms with Crippen LogP contribution in [0.25, 0.3) is 6.08 Å². The van der Waals surface area contributed by atoms with Gasteiger partial charge in [-0.1, -0.05) is 48.2 Å². The van der Waals surface area contributed by atoms with E-state index in [0.29, 0.717) is 15.0 Å². The first kappa shape index (κ1) is 19.1. The summed E-state index contributed by atoms with van der Waals surface area (Å²) in [6.07, 6.45) is 1.73. The molecule has 1 aliphatic heterocycles. The molecule has 2 aromatic carbocycles. The highest BCUT2D eigenvalue weighted by Crippen LogP contribution is 2.38. The molecule has 1 heterocycles. The zero-order chi connectivity index (χ0) is 19.6. The van der Waals surface area contributed by atoms with Crippen LogP contribution in [-0.4, -0.2) is 27.9 Å². The molecule has 0 bridgehead atoms. The smallest absolute Gasteiger partial charge is 0.341 e. The first-order chi connectivity index (χ1) is 12.9. The number of ether oxygens (including phenoxy) is 1. The van der Waals surface area contributed by atoms with Gasteiger partial charge in [-0.25, -0.2) is 4.79 Å². The number of anilines is 1. The summed E-state index contributed by atoms with van der Waals surface area (Å²) in [4.78, 5) is 25.6. The van der Waals surface area contributed by atoms with Crippen molar-refractivity contribution in [1.29, 1.82) is 0 Å². The Hall–Kier alpha value is -2.64. The maximum absolute atomic E-state index is 12.9. The third-order valence-corrected chi connectivity index (χ3v) is 5.43. The van der Waals surface area contributed by atoms with Crippen LogP contribution < -0.4 is 9.64 Å². The Balaban J connectivity index is 1.87. The van der Waals surface area contributed by atoms with Gasteiger partial charge in [0.1, 0.15) is 5.75 Å². The van der Waals surface area contributed by atoms with Crippen LogP contribution in [-0.2, 0) is 9.59 Å². The number of amides is 1. The van der Waals surface area contributed by atoms with Crippen molar-refractivity contribution < 1.29 is 19.4 Å². The zero-order valence-corrected chi connectivity index (χ0v) is 16.4. The molecular formula is C20H17NO4S2. The van der Waals surface area contributed by atoms with Gasteiger partial charge in [0.05, 0.1) is 10.6 Å². The molecule has 0 aromatic heterocycles. The van der Waals surface area contributed by atoms with Gasteiger partial charge in [-0.05, 0) is 54.8 Å². The highest BCUT2D eigenvalue weighted by atomic mass is 32.2.